The average Bonchev–Trinajstić information content (AvgIpc) is 2.75. The number of ether oxygens (including phenoxy) is 1. The maximum atomic E-state index is 11.4. The van der Waals surface area contributed by atoms with E-state index in [4.69, 9.17) is 17.0 Å². The Hall–Kier alpha value is -1.40. The van der Waals surface area contributed by atoms with Crippen LogP contribution in [0.1, 0.15) is 6.42 Å². The molecule has 0 bridgehead atoms. The van der Waals surface area contributed by atoms with E-state index >= 15 is 0 Å². The number of esters is 1. The number of benzene rings is 1. The number of H-pyrrole nitrogens is 1. The third kappa shape index (κ3) is 2.13. The van der Waals surface area contributed by atoms with E-state index in [1.807, 2.05) is 24.3 Å². The fourth-order valence-corrected chi connectivity index (χ4v) is 3.14. The minimum atomic E-state index is -0.177. The minimum absolute atomic E-state index is 0.172. The number of aromatic nitrogens is 2. The number of nitrogens with zero attached hydrogens (tertiary/aromatic N) is 1. The first-order valence-corrected chi connectivity index (χ1v) is 6.85. The van der Waals surface area contributed by atoms with Crippen molar-refractivity contribution in [1.82, 2.24) is 9.97 Å². The van der Waals surface area contributed by atoms with Crippen LogP contribution in [0.5, 0.6) is 0 Å². The van der Waals surface area contributed by atoms with Crippen LogP contribution in [-0.4, -0.2) is 27.8 Å². The van der Waals surface area contributed by atoms with E-state index in [0.717, 1.165) is 17.3 Å². The van der Waals surface area contributed by atoms with Gasteiger partial charge in [0.1, 0.15) is 9.89 Å². The van der Waals surface area contributed by atoms with Gasteiger partial charge < -0.3 is 9.72 Å². The first kappa shape index (κ1) is 11.7. The zero-order valence-electron chi connectivity index (χ0n) is 9.38. The van der Waals surface area contributed by atoms with Gasteiger partial charge in [0.2, 0.25) is 0 Å². The molecule has 1 atom stereocenters. The third-order valence-corrected chi connectivity index (χ3v) is 4.18. The molecule has 92 valence electrons. The molecular formula is C12H10N2O2S2. The lowest BCUT2D eigenvalue weighted by Crippen LogP contribution is -2.10. The Bertz CT molecular complexity index is 668. The molecule has 18 heavy (non-hydrogen) atoms. The van der Waals surface area contributed by atoms with Gasteiger partial charge in [-0.2, -0.15) is 0 Å². The Kier molecular flexibility index (Phi) is 3.05. The normalized spacial score (nSPS) is 19.1. The zero-order chi connectivity index (χ0) is 12.5. The molecule has 2 heterocycles. The van der Waals surface area contributed by atoms with Crippen molar-refractivity contribution in [3.8, 4) is 0 Å². The molecule has 3 rings (SSSR count). The maximum absolute atomic E-state index is 11.4. The fraction of sp³-hybridized carbons (Fsp3) is 0.250. The molecule has 1 saturated heterocycles. The summed E-state index contributed by atoms with van der Waals surface area (Å²) in [5.41, 5.74) is 0.936. The van der Waals surface area contributed by atoms with Gasteiger partial charge in [-0.15, -0.1) is 0 Å². The molecule has 4 nitrogen and oxygen atoms in total. The van der Waals surface area contributed by atoms with Crippen LogP contribution in [0.15, 0.2) is 29.4 Å². The molecule has 2 aromatic rings. The Morgan fingerprint density at radius 2 is 2.28 bits per heavy atom. The predicted molar refractivity (Wildman–Crippen MR) is 72.1 cm³/mol. The van der Waals surface area contributed by atoms with Gasteiger partial charge >= 0.3 is 5.97 Å². The van der Waals surface area contributed by atoms with Crippen molar-refractivity contribution in [2.75, 3.05) is 6.61 Å². The first-order valence-electron chi connectivity index (χ1n) is 5.56. The molecule has 0 unspecified atom stereocenters. The van der Waals surface area contributed by atoms with Gasteiger partial charge in [-0.1, -0.05) is 36.1 Å². The summed E-state index contributed by atoms with van der Waals surface area (Å²) in [4.78, 5) is 18.9. The van der Waals surface area contributed by atoms with Crippen molar-refractivity contribution in [1.29, 1.82) is 0 Å². The highest BCUT2D eigenvalue weighted by molar-refractivity contribution is 8.00. The standard InChI is InChI=1S/C12H10N2O2S2/c15-11-9(5-6-16-11)18-12-13-8-4-2-1-3-7(8)10(17)14-12/h1-4,9H,5-6H2,(H,13,14,17)/t9-/m1/s1. The van der Waals surface area contributed by atoms with E-state index in [2.05, 4.69) is 9.97 Å². The molecule has 6 heteroatoms. The van der Waals surface area contributed by atoms with Crippen LogP contribution < -0.4 is 0 Å². The fourth-order valence-electron chi connectivity index (χ4n) is 1.85. The second-order valence-corrected chi connectivity index (χ2v) is 5.53. The number of cyclic esters (lactones) is 1. The van der Waals surface area contributed by atoms with E-state index in [1.54, 1.807) is 0 Å². The molecule has 0 saturated carbocycles. The molecule has 0 spiro atoms. The monoisotopic (exact) mass is 278 g/mol. The largest absolute Gasteiger partial charge is 0.465 e. The van der Waals surface area contributed by atoms with Crippen LogP contribution in [0.2, 0.25) is 0 Å². The highest BCUT2D eigenvalue weighted by Gasteiger charge is 2.28. The van der Waals surface area contributed by atoms with Crippen LogP contribution in [0.25, 0.3) is 10.9 Å². The number of nitrogens with one attached hydrogen (secondary N) is 1. The van der Waals surface area contributed by atoms with E-state index in [-0.39, 0.29) is 11.2 Å². The Morgan fingerprint density at radius 1 is 1.44 bits per heavy atom. The number of aromatic amines is 1. The molecular weight excluding hydrogens is 268 g/mol. The van der Waals surface area contributed by atoms with Crippen molar-refractivity contribution in [3.63, 3.8) is 0 Å². The molecule has 1 aromatic carbocycles. The summed E-state index contributed by atoms with van der Waals surface area (Å²) in [5.74, 6) is -0.172. The van der Waals surface area contributed by atoms with Crippen LogP contribution >= 0.6 is 24.0 Å². The number of para-hydroxylation sites is 1. The van der Waals surface area contributed by atoms with Gasteiger partial charge in [0.25, 0.3) is 0 Å². The molecule has 0 aliphatic carbocycles. The smallest absolute Gasteiger partial charge is 0.319 e. The molecule has 1 fully saturated rings. The minimum Gasteiger partial charge on any atom is -0.465 e. The lowest BCUT2D eigenvalue weighted by atomic mass is 10.2. The number of thioether (sulfide) groups is 1. The highest BCUT2D eigenvalue weighted by atomic mass is 32.2. The maximum Gasteiger partial charge on any atom is 0.319 e. The first-order chi connectivity index (χ1) is 8.74. The summed E-state index contributed by atoms with van der Waals surface area (Å²) in [7, 11) is 0. The number of carbonyl (C=O) groups excluding carboxylic acids is 1. The lowest BCUT2D eigenvalue weighted by Gasteiger charge is -2.06. The summed E-state index contributed by atoms with van der Waals surface area (Å²) < 4.78 is 5.48. The average molecular weight is 278 g/mol. The van der Waals surface area contributed by atoms with Gasteiger partial charge in [-0.05, 0) is 12.1 Å². The molecule has 1 N–H and O–H groups in total. The Balaban J connectivity index is 1.98. The molecule has 1 aromatic heterocycles. The third-order valence-electron chi connectivity index (χ3n) is 2.74. The predicted octanol–water partition coefficient (Wildman–Crippen LogP) is 2.70. The van der Waals surface area contributed by atoms with E-state index in [1.165, 1.54) is 11.8 Å². The van der Waals surface area contributed by atoms with Crippen LogP contribution in [0, 0.1) is 4.64 Å². The van der Waals surface area contributed by atoms with Gasteiger partial charge in [-0.25, -0.2) is 4.98 Å². The molecule has 0 radical (unpaired) electrons. The van der Waals surface area contributed by atoms with Crippen molar-refractivity contribution < 1.29 is 9.53 Å². The number of carbonyl (C=O) groups is 1. The molecule has 1 aliphatic heterocycles. The van der Waals surface area contributed by atoms with E-state index in [9.17, 15) is 4.79 Å². The number of fused-ring (bicyclic) bond motifs is 1. The highest BCUT2D eigenvalue weighted by Crippen LogP contribution is 2.28. The number of rotatable bonds is 2. The second-order valence-electron chi connectivity index (χ2n) is 3.96. The summed E-state index contributed by atoms with van der Waals surface area (Å²) >= 11 is 6.63. The molecule has 1 aliphatic rings. The lowest BCUT2D eigenvalue weighted by molar-refractivity contribution is -0.137. The van der Waals surface area contributed by atoms with Crippen LogP contribution in [0.4, 0.5) is 0 Å². The van der Waals surface area contributed by atoms with Gasteiger partial charge in [0, 0.05) is 11.8 Å². The summed E-state index contributed by atoms with van der Waals surface area (Å²) in [6.45, 7) is 0.491. The van der Waals surface area contributed by atoms with E-state index < -0.39 is 0 Å². The molecule has 0 amide bonds. The van der Waals surface area contributed by atoms with Gasteiger partial charge in [-0.3, -0.25) is 4.79 Å². The van der Waals surface area contributed by atoms with Crippen molar-refractivity contribution in [3.05, 3.63) is 28.9 Å². The Morgan fingerprint density at radius 3 is 3.06 bits per heavy atom. The van der Waals surface area contributed by atoms with Crippen LogP contribution in [-0.2, 0) is 9.53 Å². The van der Waals surface area contributed by atoms with Crippen molar-refractivity contribution >= 4 is 40.9 Å². The Labute approximate surface area is 113 Å². The summed E-state index contributed by atoms with van der Waals surface area (Å²) in [5, 5.41) is 1.41. The summed E-state index contributed by atoms with van der Waals surface area (Å²) in [6, 6.07) is 7.74. The quantitative estimate of drug-likeness (QED) is 0.520. The van der Waals surface area contributed by atoms with Crippen molar-refractivity contribution in [2.24, 2.45) is 0 Å². The topological polar surface area (TPSA) is 55.0 Å². The number of hydrogen-bond acceptors (Lipinski definition) is 5. The van der Waals surface area contributed by atoms with Gasteiger partial charge in [0.05, 0.1) is 12.1 Å². The second kappa shape index (κ2) is 4.70. The summed E-state index contributed by atoms with van der Waals surface area (Å²) in [6.07, 6.45) is 0.721. The van der Waals surface area contributed by atoms with Crippen molar-refractivity contribution in [2.45, 2.75) is 16.8 Å². The zero-order valence-corrected chi connectivity index (χ0v) is 11.0. The van der Waals surface area contributed by atoms with E-state index in [0.29, 0.717) is 16.4 Å². The van der Waals surface area contributed by atoms with Gasteiger partial charge in [0.15, 0.2) is 5.16 Å². The SMILES string of the molecule is O=C1OCC[C@H]1Sc1nc(=S)c2ccccc2[nH]1. The number of hydrogen-bond donors (Lipinski definition) is 1. The van der Waals surface area contributed by atoms with Crippen LogP contribution in [0.3, 0.4) is 0 Å².